The number of piperidine rings is 1. The van der Waals surface area contributed by atoms with E-state index < -0.39 is 10.0 Å². The second-order valence-electron chi connectivity index (χ2n) is 6.36. The number of aryl methyl sites for hydroxylation is 1. The molecule has 25 heavy (non-hydrogen) atoms. The summed E-state index contributed by atoms with van der Waals surface area (Å²) in [5, 5.41) is 0.635. The first-order valence-electron chi connectivity index (χ1n) is 8.38. The Kier molecular flexibility index (Phi) is 5.67. The van der Waals surface area contributed by atoms with Gasteiger partial charge in [-0.15, -0.1) is 0 Å². The number of ether oxygens (including phenoxy) is 1. The smallest absolute Gasteiger partial charge is 0.218 e. The molecule has 6 heteroatoms. The van der Waals surface area contributed by atoms with Gasteiger partial charge in [0.05, 0.1) is 5.75 Å². The molecule has 2 aromatic rings. The zero-order chi connectivity index (χ0) is 17.9. The summed E-state index contributed by atoms with van der Waals surface area (Å²) < 4.78 is 32.9. The van der Waals surface area contributed by atoms with Gasteiger partial charge in [-0.2, -0.15) is 0 Å². The number of rotatable bonds is 5. The maximum atomic E-state index is 12.7. The van der Waals surface area contributed by atoms with Gasteiger partial charge in [0.25, 0.3) is 0 Å². The lowest BCUT2D eigenvalue weighted by atomic mass is 10.1. The van der Waals surface area contributed by atoms with Crippen LogP contribution < -0.4 is 4.74 Å². The molecule has 1 heterocycles. The van der Waals surface area contributed by atoms with Crippen molar-refractivity contribution in [2.75, 3.05) is 13.1 Å². The molecule has 0 radical (unpaired) electrons. The van der Waals surface area contributed by atoms with E-state index in [1.807, 2.05) is 43.3 Å². The van der Waals surface area contributed by atoms with Gasteiger partial charge < -0.3 is 4.74 Å². The highest BCUT2D eigenvalue weighted by molar-refractivity contribution is 7.88. The molecule has 0 spiro atoms. The zero-order valence-electron chi connectivity index (χ0n) is 14.2. The van der Waals surface area contributed by atoms with Crippen molar-refractivity contribution in [2.45, 2.75) is 31.6 Å². The van der Waals surface area contributed by atoms with Crippen LogP contribution in [0.1, 0.15) is 24.0 Å². The maximum absolute atomic E-state index is 12.7. The van der Waals surface area contributed by atoms with Crippen LogP contribution in [0.25, 0.3) is 0 Å². The van der Waals surface area contributed by atoms with Crippen molar-refractivity contribution in [1.82, 2.24) is 4.31 Å². The minimum Gasteiger partial charge on any atom is -0.490 e. The average molecular weight is 380 g/mol. The summed E-state index contributed by atoms with van der Waals surface area (Å²) in [6.45, 7) is 2.91. The first-order valence-corrected chi connectivity index (χ1v) is 10.4. The largest absolute Gasteiger partial charge is 0.490 e. The second kappa shape index (κ2) is 7.77. The molecule has 2 aromatic carbocycles. The fraction of sp³-hybridized carbons (Fsp3) is 0.368. The third-order valence-electron chi connectivity index (χ3n) is 4.49. The van der Waals surface area contributed by atoms with Gasteiger partial charge in [0.15, 0.2) is 0 Å². The van der Waals surface area contributed by atoms with E-state index in [1.165, 1.54) is 0 Å². The van der Waals surface area contributed by atoms with E-state index in [0.717, 1.165) is 16.9 Å². The highest BCUT2D eigenvalue weighted by Gasteiger charge is 2.29. The van der Waals surface area contributed by atoms with E-state index in [0.29, 0.717) is 31.0 Å². The van der Waals surface area contributed by atoms with Crippen molar-refractivity contribution in [3.63, 3.8) is 0 Å². The molecule has 0 aliphatic carbocycles. The Morgan fingerprint density at radius 2 is 1.84 bits per heavy atom. The number of halogens is 1. The monoisotopic (exact) mass is 379 g/mol. The Balaban J connectivity index is 1.59. The number of hydrogen-bond donors (Lipinski definition) is 0. The molecule has 0 aromatic heterocycles. The first kappa shape index (κ1) is 18.2. The molecule has 134 valence electrons. The molecule has 1 aliphatic heterocycles. The van der Waals surface area contributed by atoms with E-state index in [1.54, 1.807) is 16.4 Å². The Labute approximate surface area is 154 Å². The Morgan fingerprint density at radius 3 is 2.52 bits per heavy atom. The number of hydrogen-bond acceptors (Lipinski definition) is 3. The molecule has 0 N–H and O–H groups in total. The highest BCUT2D eigenvalue weighted by atomic mass is 35.5. The van der Waals surface area contributed by atoms with Gasteiger partial charge in [-0.25, -0.2) is 12.7 Å². The van der Waals surface area contributed by atoms with Crippen molar-refractivity contribution >= 4 is 21.6 Å². The van der Waals surface area contributed by atoms with Crippen LogP contribution in [0.2, 0.25) is 5.02 Å². The van der Waals surface area contributed by atoms with Gasteiger partial charge in [0, 0.05) is 18.1 Å². The molecule has 1 aliphatic rings. The van der Waals surface area contributed by atoms with Crippen LogP contribution in [0, 0.1) is 6.92 Å². The van der Waals surface area contributed by atoms with Crippen LogP contribution >= 0.6 is 11.6 Å². The lowest BCUT2D eigenvalue weighted by molar-refractivity contribution is 0.135. The fourth-order valence-corrected chi connectivity index (χ4v) is 4.87. The third kappa shape index (κ3) is 4.75. The lowest BCUT2D eigenvalue weighted by Gasteiger charge is -2.31. The van der Waals surface area contributed by atoms with Crippen LogP contribution in [0.4, 0.5) is 0 Å². The fourth-order valence-electron chi connectivity index (χ4n) is 3.02. The standard InChI is InChI=1S/C19H22ClNO3S/c1-15-5-2-3-6-16(15)14-25(22,23)21-11-9-18(10-12-21)24-19-8-4-7-17(20)13-19/h2-8,13,18H,9-12,14H2,1H3. The van der Waals surface area contributed by atoms with Gasteiger partial charge in [-0.1, -0.05) is 41.9 Å². The van der Waals surface area contributed by atoms with Gasteiger partial charge in [-0.05, 0) is 49.1 Å². The van der Waals surface area contributed by atoms with Crippen molar-refractivity contribution in [1.29, 1.82) is 0 Å². The number of nitrogens with zero attached hydrogens (tertiary/aromatic N) is 1. The summed E-state index contributed by atoms with van der Waals surface area (Å²) in [6, 6.07) is 14.9. The molecule has 0 amide bonds. The van der Waals surface area contributed by atoms with E-state index >= 15 is 0 Å². The first-order chi connectivity index (χ1) is 11.9. The molecule has 0 atom stereocenters. The Morgan fingerprint density at radius 1 is 1.12 bits per heavy atom. The van der Waals surface area contributed by atoms with Gasteiger partial charge in [0.2, 0.25) is 10.0 Å². The number of benzene rings is 2. The molecule has 4 nitrogen and oxygen atoms in total. The molecule has 3 rings (SSSR count). The van der Waals surface area contributed by atoms with Crippen LogP contribution in [-0.4, -0.2) is 31.9 Å². The summed E-state index contributed by atoms with van der Waals surface area (Å²) in [5.41, 5.74) is 1.87. The summed E-state index contributed by atoms with van der Waals surface area (Å²) in [5.74, 6) is 0.785. The highest BCUT2D eigenvalue weighted by Crippen LogP contribution is 2.24. The third-order valence-corrected chi connectivity index (χ3v) is 6.56. The minimum atomic E-state index is -3.31. The lowest BCUT2D eigenvalue weighted by Crippen LogP contribution is -2.42. The normalized spacial score (nSPS) is 16.7. The SMILES string of the molecule is Cc1ccccc1CS(=O)(=O)N1CCC(Oc2cccc(Cl)c2)CC1. The molecule has 1 saturated heterocycles. The average Bonchev–Trinajstić information content (AvgIpc) is 2.57. The van der Waals surface area contributed by atoms with E-state index in [2.05, 4.69) is 0 Å². The number of sulfonamides is 1. The van der Waals surface area contributed by atoms with Crippen molar-refractivity contribution in [2.24, 2.45) is 0 Å². The van der Waals surface area contributed by atoms with Gasteiger partial charge in [0.1, 0.15) is 11.9 Å². The summed E-state index contributed by atoms with van der Waals surface area (Å²) in [6.07, 6.45) is 1.38. The second-order valence-corrected chi connectivity index (χ2v) is 8.76. The van der Waals surface area contributed by atoms with E-state index in [4.69, 9.17) is 16.3 Å². The van der Waals surface area contributed by atoms with Crippen molar-refractivity contribution < 1.29 is 13.2 Å². The van der Waals surface area contributed by atoms with Crippen molar-refractivity contribution in [3.05, 3.63) is 64.7 Å². The maximum Gasteiger partial charge on any atom is 0.218 e. The summed E-state index contributed by atoms with van der Waals surface area (Å²) in [7, 11) is -3.31. The topological polar surface area (TPSA) is 46.6 Å². The molecule has 1 fully saturated rings. The summed E-state index contributed by atoms with van der Waals surface area (Å²) >= 11 is 5.97. The zero-order valence-corrected chi connectivity index (χ0v) is 15.8. The molecular formula is C19H22ClNO3S. The van der Waals surface area contributed by atoms with E-state index in [-0.39, 0.29) is 11.9 Å². The quantitative estimate of drug-likeness (QED) is 0.788. The van der Waals surface area contributed by atoms with Crippen LogP contribution in [0.15, 0.2) is 48.5 Å². The Bertz CT molecular complexity index is 830. The van der Waals surface area contributed by atoms with Gasteiger partial charge in [-0.3, -0.25) is 0 Å². The minimum absolute atomic E-state index is 0.0170. The molecule has 0 saturated carbocycles. The van der Waals surface area contributed by atoms with Crippen LogP contribution in [0.5, 0.6) is 5.75 Å². The van der Waals surface area contributed by atoms with Gasteiger partial charge >= 0.3 is 0 Å². The predicted molar refractivity (Wildman–Crippen MR) is 100 cm³/mol. The van der Waals surface area contributed by atoms with Crippen molar-refractivity contribution in [3.8, 4) is 5.75 Å². The Hall–Kier alpha value is -1.56. The molecule has 0 bridgehead atoms. The molecule has 0 unspecified atom stereocenters. The van der Waals surface area contributed by atoms with Crippen LogP contribution in [-0.2, 0) is 15.8 Å². The predicted octanol–water partition coefficient (Wildman–Crippen LogP) is 4.02. The summed E-state index contributed by atoms with van der Waals surface area (Å²) in [4.78, 5) is 0. The molecular weight excluding hydrogens is 358 g/mol. The van der Waals surface area contributed by atoms with Crippen LogP contribution in [0.3, 0.4) is 0 Å². The van der Waals surface area contributed by atoms with E-state index in [9.17, 15) is 8.42 Å².